The van der Waals surface area contributed by atoms with Gasteiger partial charge in [0.25, 0.3) is 0 Å². The van der Waals surface area contributed by atoms with Crippen LogP contribution in [-0.2, 0) is 11.3 Å². The highest BCUT2D eigenvalue weighted by Gasteiger charge is 2.16. The van der Waals surface area contributed by atoms with E-state index in [9.17, 15) is 4.79 Å². The topological polar surface area (TPSA) is 41.1 Å². The van der Waals surface area contributed by atoms with Crippen LogP contribution in [0.25, 0.3) is 0 Å². The van der Waals surface area contributed by atoms with E-state index in [0.717, 1.165) is 18.1 Å². The molecule has 0 bridgehead atoms. The lowest BCUT2D eigenvalue weighted by atomic mass is 10.2. The summed E-state index contributed by atoms with van der Waals surface area (Å²) in [5.74, 6) is 2.35. The summed E-state index contributed by atoms with van der Waals surface area (Å²) in [4.78, 5) is 11.6. The molecule has 0 spiro atoms. The van der Waals surface area contributed by atoms with E-state index < -0.39 is 0 Å². The van der Waals surface area contributed by atoms with Crippen molar-refractivity contribution in [1.29, 1.82) is 0 Å². The van der Waals surface area contributed by atoms with Gasteiger partial charge >= 0.3 is 0 Å². The molecule has 0 aliphatic carbocycles. The van der Waals surface area contributed by atoms with Gasteiger partial charge in [-0.2, -0.15) is 23.1 Å². The minimum Gasteiger partial charge on any atom is -0.352 e. The number of thioether (sulfide) groups is 1. The second-order valence-electron chi connectivity index (χ2n) is 3.84. The van der Waals surface area contributed by atoms with Crippen LogP contribution < -0.4 is 10.6 Å². The molecule has 0 radical (unpaired) electrons. The Balaban J connectivity index is 0.00000144. The Labute approximate surface area is 116 Å². The summed E-state index contributed by atoms with van der Waals surface area (Å²) in [5, 5.41) is 10.4. The molecule has 1 atom stereocenters. The van der Waals surface area contributed by atoms with Crippen LogP contribution >= 0.6 is 35.5 Å². The van der Waals surface area contributed by atoms with Crippen molar-refractivity contribution in [3.8, 4) is 0 Å². The molecular weight excluding hydrogens is 276 g/mol. The predicted molar refractivity (Wildman–Crippen MR) is 77.1 cm³/mol. The number of halogens is 1. The Bertz CT molecular complexity index is 326. The van der Waals surface area contributed by atoms with Crippen molar-refractivity contribution in [2.75, 3.05) is 18.1 Å². The Kier molecular flexibility index (Phi) is 6.96. The Morgan fingerprint density at radius 1 is 1.59 bits per heavy atom. The van der Waals surface area contributed by atoms with Gasteiger partial charge in [0, 0.05) is 37.1 Å². The van der Waals surface area contributed by atoms with Gasteiger partial charge in [-0.25, -0.2) is 0 Å². The van der Waals surface area contributed by atoms with Crippen molar-refractivity contribution in [2.24, 2.45) is 0 Å². The molecule has 2 N–H and O–H groups in total. The average Bonchev–Trinajstić information content (AvgIpc) is 2.81. The van der Waals surface area contributed by atoms with E-state index in [1.54, 1.807) is 11.3 Å². The van der Waals surface area contributed by atoms with Crippen molar-refractivity contribution in [3.05, 3.63) is 22.4 Å². The number of carbonyl (C=O) groups excluding carboxylic acids is 1. The highest BCUT2D eigenvalue weighted by molar-refractivity contribution is 7.99. The number of rotatable bonds is 4. The van der Waals surface area contributed by atoms with Crippen molar-refractivity contribution in [3.63, 3.8) is 0 Å². The van der Waals surface area contributed by atoms with Crippen molar-refractivity contribution >= 4 is 41.4 Å². The van der Waals surface area contributed by atoms with E-state index in [-0.39, 0.29) is 18.3 Å². The van der Waals surface area contributed by atoms with Crippen LogP contribution in [0.2, 0.25) is 0 Å². The molecule has 96 valence electrons. The van der Waals surface area contributed by atoms with Crippen LogP contribution in [0, 0.1) is 0 Å². The fraction of sp³-hybridized carbons (Fsp3) is 0.545. The van der Waals surface area contributed by atoms with Gasteiger partial charge in [-0.05, 0) is 22.4 Å². The van der Waals surface area contributed by atoms with Gasteiger partial charge < -0.3 is 10.6 Å². The van der Waals surface area contributed by atoms with Gasteiger partial charge in [0.05, 0.1) is 0 Å². The molecule has 1 saturated heterocycles. The van der Waals surface area contributed by atoms with Gasteiger partial charge in [0.2, 0.25) is 5.91 Å². The molecule has 2 heterocycles. The highest BCUT2D eigenvalue weighted by Crippen LogP contribution is 2.10. The lowest BCUT2D eigenvalue weighted by molar-refractivity contribution is -0.121. The first kappa shape index (κ1) is 14.8. The zero-order chi connectivity index (χ0) is 11.2. The molecule has 0 aromatic carbocycles. The Morgan fingerprint density at radius 3 is 3.12 bits per heavy atom. The summed E-state index contributed by atoms with van der Waals surface area (Å²) in [5.41, 5.74) is 1.18. The van der Waals surface area contributed by atoms with Crippen LogP contribution in [0.1, 0.15) is 12.0 Å². The Morgan fingerprint density at radius 2 is 2.47 bits per heavy atom. The van der Waals surface area contributed by atoms with Gasteiger partial charge in [0.1, 0.15) is 0 Å². The van der Waals surface area contributed by atoms with Crippen LogP contribution in [0.3, 0.4) is 0 Å². The smallest absolute Gasteiger partial charge is 0.221 e. The molecule has 17 heavy (non-hydrogen) atoms. The van der Waals surface area contributed by atoms with Crippen LogP contribution in [0.4, 0.5) is 0 Å². The van der Waals surface area contributed by atoms with Crippen molar-refractivity contribution in [1.82, 2.24) is 10.6 Å². The quantitative estimate of drug-likeness (QED) is 0.890. The summed E-state index contributed by atoms with van der Waals surface area (Å²) >= 11 is 3.58. The molecule has 0 saturated carbocycles. The summed E-state index contributed by atoms with van der Waals surface area (Å²) < 4.78 is 0. The number of hydrogen-bond acceptors (Lipinski definition) is 4. The van der Waals surface area contributed by atoms with Gasteiger partial charge in [-0.3, -0.25) is 4.79 Å². The van der Waals surface area contributed by atoms with Gasteiger partial charge in [-0.1, -0.05) is 0 Å². The third-order valence-corrected chi connectivity index (χ3v) is 4.36. The third kappa shape index (κ3) is 5.29. The molecule has 6 heteroatoms. The number of hydrogen-bond donors (Lipinski definition) is 2. The summed E-state index contributed by atoms with van der Waals surface area (Å²) in [6, 6.07) is 2.39. The fourth-order valence-electron chi connectivity index (χ4n) is 1.64. The van der Waals surface area contributed by atoms with E-state index in [1.807, 2.05) is 23.2 Å². The lowest BCUT2D eigenvalue weighted by Gasteiger charge is -2.22. The highest BCUT2D eigenvalue weighted by atomic mass is 35.5. The first-order valence-corrected chi connectivity index (χ1v) is 7.53. The number of carbonyl (C=O) groups is 1. The monoisotopic (exact) mass is 292 g/mol. The summed E-state index contributed by atoms with van der Waals surface area (Å²) in [7, 11) is 0. The number of amides is 1. The molecule has 1 amide bonds. The van der Waals surface area contributed by atoms with Crippen molar-refractivity contribution in [2.45, 2.75) is 19.0 Å². The Hall–Kier alpha value is -0.230. The maximum absolute atomic E-state index is 11.6. The first-order valence-electron chi connectivity index (χ1n) is 5.43. The molecule has 1 aliphatic rings. The van der Waals surface area contributed by atoms with Gasteiger partial charge in [-0.15, -0.1) is 12.4 Å². The van der Waals surface area contributed by atoms with Crippen LogP contribution in [-0.4, -0.2) is 30.0 Å². The molecular formula is C11H17ClN2OS2. The maximum Gasteiger partial charge on any atom is 0.221 e. The summed E-state index contributed by atoms with van der Waals surface area (Å²) in [6.45, 7) is 1.68. The average molecular weight is 293 g/mol. The molecule has 3 nitrogen and oxygen atoms in total. The number of thiophene rings is 1. The molecule has 1 aromatic heterocycles. The normalized spacial score (nSPS) is 19.4. The van der Waals surface area contributed by atoms with Crippen LogP contribution in [0.5, 0.6) is 0 Å². The minimum atomic E-state index is 0. The minimum absolute atomic E-state index is 0. The second kappa shape index (κ2) is 7.97. The lowest BCUT2D eigenvalue weighted by Crippen LogP contribution is -2.41. The van der Waals surface area contributed by atoms with E-state index >= 15 is 0 Å². The first-order chi connectivity index (χ1) is 7.84. The summed E-state index contributed by atoms with van der Waals surface area (Å²) in [6.07, 6.45) is 0.594. The molecule has 1 aromatic rings. The molecule has 1 aliphatic heterocycles. The zero-order valence-electron chi connectivity index (χ0n) is 9.48. The van der Waals surface area contributed by atoms with E-state index in [1.165, 1.54) is 5.56 Å². The molecule has 2 rings (SSSR count). The standard InChI is InChI=1S/C11H16N2OS2.ClH/c14-11(5-10-8-16-4-2-12-10)13-6-9-1-3-15-7-9;/h1,3,7,10,12H,2,4-6,8H2,(H,13,14);1H. The molecule has 1 fully saturated rings. The van der Waals surface area contributed by atoms with Crippen LogP contribution in [0.15, 0.2) is 16.8 Å². The second-order valence-corrected chi connectivity index (χ2v) is 5.77. The molecule has 1 unspecified atom stereocenters. The number of nitrogens with one attached hydrogen (secondary N) is 2. The SMILES string of the molecule is Cl.O=C(CC1CSCCN1)NCc1ccsc1. The van der Waals surface area contributed by atoms with E-state index in [2.05, 4.69) is 16.0 Å². The predicted octanol–water partition coefficient (Wildman–Crippen LogP) is 1.88. The zero-order valence-corrected chi connectivity index (χ0v) is 11.9. The maximum atomic E-state index is 11.6. The third-order valence-electron chi connectivity index (χ3n) is 2.50. The van der Waals surface area contributed by atoms with Crippen molar-refractivity contribution < 1.29 is 4.79 Å². The van der Waals surface area contributed by atoms with E-state index in [0.29, 0.717) is 19.0 Å². The van der Waals surface area contributed by atoms with Gasteiger partial charge in [0.15, 0.2) is 0 Å². The van der Waals surface area contributed by atoms with E-state index in [4.69, 9.17) is 0 Å². The fourth-order valence-corrected chi connectivity index (χ4v) is 3.26. The largest absolute Gasteiger partial charge is 0.352 e.